The third-order valence-corrected chi connectivity index (χ3v) is 5.81. The first-order chi connectivity index (χ1) is 13.9. The van der Waals surface area contributed by atoms with Crippen LogP contribution in [0, 0.1) is 0 Å². The van der Waals surface area contributed by atoms with E-state index in [4.69, 9.17) is 4.74 Å². The molecule has 0 radical (unpaired) electrons. The van der Waals surface area contributed by atoms with Crippen LogP contribution in [0.25, 0.3) is 0 Å². The smallest absolute Gasteiger partial charge is 0.326 e. The fraction of sp³-hybridized carbons (Fsp3) is 0.524. The van der Waals surface area contributed by atoms with Crippen LogP contribution >= 0.6 is 0 Å². The van der Waals surface area contributed by atoms with Gasteiger partial charge in [0.25, 0.3) is 11.8 Å². The Hall–Kier alpha value is -2.90. The minimum atomic E-state index is -0.969. The van der Waals surface area contributed by atoms with Gasteiger partial charge in [-0.1, -0.05) is 38.1 Å². The number of ether oxygens (including phenoxy) is 1. The highest BCUT2D eigenvalue weighted by molar-refractivity contribution is 6.08. The van der Waals surface area contributed by atoms with Crippen molar-refractivity contribution in [2.45, 2.75) is 57.5 Å². The van der Waals surface area contributed by atoms with Gasteiger partial charge in [0, 0.05) is 0 Å². The van der Waals surface area contributed by atoms with Crippen molar-refractivity contribution in [3.05, 3.63) is 35.4 Å². The second kappa shape index (κ2) is 8.63. The number of rotatable bonds is 7. The molecule has 29 heavy (non-hydrogen) atoms. The maximum absolute atomic E-state index is 12.5. The Morgan fingerprint density at radius 1 is 1.24 bits per heavy atom. The van der Waals surface area contributed by atoms with Crippen molar-refractivity contribution in [1.29, 1.82) is 0 Å². The molecule has 1 atom stereocenters. The van der Waals surface area contributed by atoms with Crippen molar-refractivity contribution in [1.82, 2.24) is 15.5 Å². The molecule has 0 aromatic heterocycles. The molecule has 0 bridgehead atoms. The summed E-state index contributed by atoms with van der Waals surface area (Å²) in [5, 5.41) is 5.55. The zero-order chi connectivity index (χ0) is 21.0. The van der Waals surface area contributed by atoms with Gasteiger partial charge in [0.15, 0.2) is 6.61 Å². The molecular formula is C21H27N3O5. The van der Waals surface area contributed by atoms with Crippen LogP contribution in [0.1, 0.15) is 56.7 Å². The Kier molecular flexibility index (Phi) is 6.20. The number of nitrogens with zero attached hydrogens (tertiary/aromatic N) is 1. The minimum Gasteiger partial charge on any atom is -0.454 e. The van der Waals surface area contributed by atoms with E-state index >= 15 is 0 Å². The van der Waals surface area contributed by atoms with Gasteiger partial charge in [-0.05, 0) is 43.2 Å². The van der Waals surface area contributed by atoms with E-state index in [-0.39, 0.29) is 6.04 Å². The van der Waals surface area contributed by atoms with Gasteiger partial charge >= 0.3 is 12.0 Å². The Bertz CT molecular complexity index is 818. The molecule has 8 heteroatoms. The summed E-state index contributed by atoms with van der Waals surface area (Å²) in [6.45, 7) is 2.65. The number of aryl methyl sites for hydroxylation is 1. The van der Waals surface area contributed by atoms with E-state index in [0.29, 0.717) is 12.8 Å². The molecule has 1 heterocycles. The number of benzene rings is 1. The van der Waals surface area contributed by atoms with Crippen molar-refractivity contribution in [3.8, 4) is 0 Å². The molecule has 0 spiro atoms. The lowest BCUT2D eigenvalue weighted by atomic mass is 9.88. The summed E-state index contributed by atoms with van der Waals surface area (Å²) in [7, 11) is 0. The lowest BCUT2D eigenvalue weighted by Crippen LogP contribution is -2.46. The van der Waals surface area contributed by atoms with E-state index < -0.39 is 42.5 Å². The van der Waals surface area contributed by atoms with Crippen LogP contribution in [0.5, 0.6) is 0 Å². The molecule has 1 aliphatic carbocycles. The number of hydrogen-bond acceptors (Lipinski definition) is 5. The van der Waals surface area contributed by atoms with Crippen LogP contribution in [0.4, 0.5) is 4.79 Å². The van der Waals surface area contributed by atoms with Crippen LogP contribution < -0.4 is 10.6 Å². The van der Waals surface area contributed by atoms with Crippen LogP contribution in [0.3, 0.4) is 0 Å². The quantitative estimate of drug-likeness (QED) is 0.536. The van der Waals surface area contributed by atoms with Crippen LogP contribution in [-0.2, 0) is 25.5 Å². The molecule has 1 aliphatic heterocycles. The van der Waals surface area contributed by atoms with Crippen LogP contribution in [-0.4, -0.2) is 47.4 Å². The molecule has 1 saturated heterocycles. The molecule has 2 aliphatic rings. The SMILES string of the molecule is CCC1(CC)NC(=O)N(CC(=O)OCC(=O)NC2CCCc3ccccc32)C1=O. The Balaban J connectivity index is 1.51. The predicted octanol–water partition coefficient (Wildman–Crippen LogP) is 1.83. The third-order valence-electron chi connectivity index (χ3n) is 5.81. The van der Waals surface area contributed by atoms with Crippen molar-refractivity contribution >= 4 is 23.8 Å². The maximum Gasteiger partial charge on any atom is 0.326 e. The summed E-state index contributed by atoms with van der Waals surface area (Å²) in [5.74, 6) is -1.64. The van der Waals surface area contributed by atoms with Crippen molar-refractivity contribution in [2.75, 3.05) is 13.2 Å². The Labute approximate surface area is 170 Å². The molecule has 1 aromatic carbocycles. The second-order valence-electron chi connectivity index (χ2n) is 7.48. The van der Waals surface area contributed by atoms with E-state index in [9.17, 15) is 19.2 Å². The number of imide groups is 1. The number of urea groups is 1. The van der Waals surface area contributed by atoms with Gasteiger partial charge in [-0.15, -0.1) is 0 Å². The van der Waals surface area contributed by atoms with Crippen molar-refractivity contribution in [2.24, 2.45) is 0 Å². The highest BCUT2D eigenvalue weighted by atomic mass is 16.5. The van der Waals surface area contributed by atoms with E-state index in [0.717, 1.165) is 29.7 Å². The minimum absolute atomic E-state index is 0.105. The standard InChI is InChI=1S/C21H27N3O5/c1-3-21(4-2)19(27)24(20(28)23-21)12-18(26)29-13-17(25)22-16-11-7-9-14-8-5-6-10-15(14)16/h5-6,8,10,16H,3-4,7,9,11-13H2,1-2H3,(H,22,25)(H,23,28). The van der Waals surface area contributed by atoms with E-state index in [1.54, 1.807) is 13.8 Å². The highest BCUT2D eigenvalue weighted by Gasteiger charge is 2.49. The highest BCUT2D eigenvalue weighted by Crippen LogP contribution is 2.29. The number of nitrogens with one attached hydrogen (secondary N) is 2. The zero-order valence-corrected chi connectivity index (χ0v) is 16.8. The van der Waals surface area contributed by atoms with Gasteiger partial charge in [0.1, 0.15) is 12.1 Å². The molecule has 0 saturated carbocycles. The first kappa shape index (κ1) is 20.8. The van der Waals surface area contributed by atoms with Gasteiger partial charge in [0.2, 0.25) is 0 Å². The number of esters is 1. The van der Waals surface area contributed by atoms with E-state index in [2.05, 4.69) is 16.7 Å². The number of carbonyl (C=O) groups is 4. The van der Waals surface area contributed by atoms with Crippen molar-refractivity contribution < 1.29 is 23.9 Å². The summed E-state index contributed by atoms with van der Waals surface area (Å²) < 4.78 is 5.00. The zero-order valence-electron chi connectivity index (χ0n) is 16.8. The molecule has 2 N–H and O–H groups in total. The van der Waals surface area contributed by atoms with Crippen molar-refractivity contribution in [3.63, 3.8) is 0 Å². The van der Waals surface area contributed by atoms with E-state index in [1.165, 1.54) is 5.56 Å². The number of amides is 4. The molecule has 1 aromatic rings. The number of hydrogen-bond donors (Lipinski definition) is 2. The normalized spacial score (nSPS) is 20.1. The molecule has 4 amide bonds. The topological polar surface area (TPSA) is 105 Å². The maximum atomic E-state index is 12.5. The largest absolute Gasteiger partial charge is 0.454 e. The molecule has 156 valence electrons. The lowest BCUT2D eigenvalue weighted by Gasteiger charge is -2.26. The summed E-state index contributed by atoms with van der Waals surface area (Å²) in [4.78, 5) is 49.8. The third kappa shape index (κ3) is 4.26. The van der Waals surface area contributed by atoms with Crippen LogP contribution in [0.15, 0.2) is 24.3 Å². The van der Waals surface area contributed by atoms with Crippen LogP contribution in [0.2, 0.25) is 0 Å². The first-order valence-corrected chi connectivity index (χ1v) is 10.1. The van der Waals surface area contributed by atoms with Gasteiger partial charge in [0.05, 0.1) is 6.04 Å². The average Bonchev–Trinajstić information content (AvgIpc) is 2.97. The van der Waals surface area contributed by atoms with Gasteiger partial charge < -0.3 is 15.4 Å². The Morgan fingerprint density at radius 2 is 1.97 bits per heavy atom. The fourth-order valence-electron chi connectivity index (χ4n) is 4.01. The van der Waals surface area contributed by atoms with Gasteiger partial charge in [-0.3, -0.25) is 19.3 Å². The summed E-state index contributed by atoms with van der Waals surface area (Å²) >= 11 is 0. The lowest BCUT2D eigenvalue weighted by molar-refractivity contribution is -0.151. The van der Waals surface area contributed by atoms with Gasteiger partial charge in [-0.25, -0.2) is 4.79 Å². The number of fused-ring (bicyclic) bond motifs is 1. The van der Waals surface area contributed by atoms with Gasteiger partial charge in [-0.2, -0.15) is 0 Å². The second-order valence-corrected chi connectivity index (χ2v) is 7.48. The Morgan fingerprint density at radius 3 is 2.66 bits per heavy atom. The molecule has 1 unspecified atom stereocenters. The summed E-state index contributed by atoms with van der Waals surface area (Å²) in [6.07, 6.45) is 3.66. The molecule has 1 fully saturated rings. The average molecular weight is 401 g/mol. The monoisotopic (exact) mass is 401 g/mol. The fourth-order valence-corrected chi connectivity index (χ4v) is 4.01. The summed E-state index contributed by atoms with van der Waals surface area (Å²) in [5.41, 5.74) is 1.34. The van der Waals surface area contributed by atoms with E-state index in [1.807, 2.05) is 18.2 Å². The molecular weight excluding hydrogens is 374 g/mol. The predicted molar refractivity (Wildman–Crippen MR) is 105 cm³/mol. The molecule has 3 rings (SSSR count). The molecule has 8 nitrogen and oxygen atoms in total. The summed E-state index contributed by atoms with van der Waals surface area (Å²) in [6, 6.07) is 7.25. The first-order valence-electron chi connectivity index (χ1n) is 10.1. The number of carbonyl (C=O) groups excluding carboxylic acids is 4.